The zero-order valence-electron chi connectivity index (χ0n) is 28.1. The first kappa shape index (κ1) is 38.8. The fourth-order valence-corrected chi connectivity index (χ4v) is 5.98. The molecule has 1 N–H and O–H groups in total. The number of benzene rings is 2. The minimum absolute atomic E-state index is 0.0371. The van der Waals surface area contributed by atoms with Gasteiger partial charge in [-0.2, -0.15) is 26.3 Å². The molecule has 2 aromatic carbocycles. The van der Waals surface area contributed by atoms with Crippen LogP contribution in [0.1, 0.15) is 53.9 Å². The molecule has 4 aromatic rings. The number of methoxy groups -OCH3 is 1. The number of aryl methyl sites for hydroxylation is 1. The molecule has 8 nitrogen and oxygen atoms in total. The smallest absolute Gasteiger partial charge is 0.417 e. The number of carbonyl (C=O) groups excluding carboxylic acids is 2. The number of pyridine rings is 2. The number of carbonyl (C=O) groups is 2. The number of nitrogens with zero attached hydrogens (tertiary/aromatic N) is 3. The van der Waals surface area contributed by atoms with Crippen LogP contribution in [0.15, 0.2) is 53.5 Å². The lowest BCUT2D eigenvalue weighted by atomic mass is 9.93. The van der Waals surface area contributed by atoms with Gasteiger partial charge in [-0.05, 0) is 49.6 Å². The second kappa shape index (κ2) is 15.1. The van der Waals surface area contributed by atoms with E-state index in [9.17, 15) is 40.7 Å². The average molecular weight is 727 g/mol. The summed E-state index contributed by atoms with van der Waals surface area (Å²) >= 11 is 0. The number of anilines is 1. The number of nitrogens with one attached hydrogen (secondary N) is 1. The number of alkyl halides is 6. The van der Waals surface area contributed by atoms with Crippen molar-refractivity contribution in [2.75, 3.05) is 18.6 Å². The van der Waals surface area contributed by atoms with Crippen molar-refractivity contribution in [1.82, 2.24) is 14.9 Å². The topological polar surface area (TPSA) is 93.5 Å². The van der Waals surface area contributed by atoms with Gasteiger partial charge in [-0.15, -0.1) is 0 Å². The number of halogens is 8. The van der Waals surface area contributed by atoms with Gasteiger partial charge in [-0.1, -0.05) is 32.0 Å². The second-order valence-electron chi connectivity index (χ2n) is 11.8. The van der Waals surface area contributed by atoms with Gasteiger partial charge in [0.1, 0.15) is 29.3 Å². The molecular formula is C35H34F8N4O4. The third-order valence-electron chi connectivity index (χ3n) is 8.51. The van der Waals surface area contributed by atoms with Gasteiger partial charge in [0, 0.05) is 48.5 Å². The van der Waals surface area contributed by atoms with E-state index in [4.69, 9.17) is 4.74 Å². The van der Waals surface area contributed by atoms with Crippen LogP contribution >= 0.6 is 0 Å². The maximum absolute atomic E-state index is 15.4. The van der Waals surface area contributed by atoms with Crippen molar-refractivity contribution < 1.29 is 49.4 Å². The number of esters is 1. The Balaban J connectivity index is 1.75. The van der Waals surface area contributed by atoms with E-state index in [-0.39, 0.29) is 40.7 Å². The Kier molecular flexibility index (Phi) is 11.5. The molecule has 0 spiro atoms. The molecule has 0 bridgehead atoms. The van der Waals surface area contributed by atoms with Gasteiger partial charge in [-0.25, -0.2) is 13.6 Å². The van der Waals surface area contributed by atoms with Crippen molar-refractivity contribution in [3.05, 3.63) is 93.0 Å². The van der Waals surface area contributed by atoms with Gasteiger partial charge in [0.2, 0.25) is 0 Å². The SMILES string of the molecule is CCCN(c1cc(F)c(C(=O)N[C@@H](Cc2ccc(-c3c(C(F)(F)F)cc(C)n(C)c3=O)c3ncccc23)C(=O)OC)c(F)c1)[C@H](CC)C(F)(F)F. The van der Waals surface area contributed by atoms with Crippen molar-refractivity contribution in [2.45, 2.75) is 64.5 Å². The first-order chi connectivity index (χ1) is 23.8. The predicted molar refractivity (Wildman–Crippen MR) is 173 cm³/mol. The van der Waals surface area contributed by atoms with Gasteiger partial charge >= 0.3 is 18.3 Å². The number of amides is 1. The number of rotatable bonds is 11. The van der Waals surface area contributed by atoms with Crippen LogP contribution in [0, 0.1) is 18.6 Å². The summed E-state index contributed by atoms with van der Waals surface area (Å²) < 4.78 is 120. The summed E-state index contributed by atoms with van der Waals surface area (Å²) in [5, 5.41) is 2.40. The normalized spacial score (nSPS) is 13.2. The highest BCUT2D eigenvalue weighted by Crippen LogP contribution is 2.39. The molecule has 274 valence electrons. The molecule has 2 atom stereocenters. The Morgan fingerprint density at radius 2 is 1.67 bits per heavy atom. The second-order valence-corrected chi connectivity index (χ2v) is 11.8. The monoisotopic (exact) mass is 726 g/mol. The molecule has 2 aromatic heterocycles. The number of hydrogen-bond acceptors (Lipinski definition) is 6. The molecule has 2 heterocycles. The van der Waals surface area contributed by atoms with E-state index in [1.807, 2.05) is 0 Å². The Morgan fingerprint density at radius 3 is 2.22 bits per heavy atom. The minimum atomic E-state index is -4.90. The van der Waals surface area contributed by atoms with Crippen LogP contribution in [0.2, 0.25) is 0 Å². The highest BCUT2D eigenvalue weighted by Gasteiger charge is 2.43. The average Bonchev–Trinajstić information content (AvgIpc) is 3.05. The van der Waals surface area contributed by atoms with Crippen molar-refractivity contribution >= 4 is 28.5 Å². The molecule has 0 saturated heterocycles. The lowest BCUT2D eigenvalue weighted by Gasteiger charge is -2.34. The first-order valence-electron chi connectivity index (χ1n) is 15.7. The fraction of sp³-hybridized carbons (Fsp3) is 0.371. The highest BCUT2D eigenvalue weighted by atomic mass is 19.4. The molecule has 0 fully saturated rings. The maximum atomic E-state index is 15.4. The molecule has 16 heteroatoms. The summed E-state index contributed by atoms with van der Waals surface area (Å²) in [6.07, 6.45) is -8.93. The molecule has 51 heavy (non-hydrogen) atoms. The maximum Gasteiger partial charge on any atom is 0.417 e. The van der Waals surface area contributed by atoms with Crippen LogP contribution in [0.5, 0.6) is 0 Å². The summed E-state index contributed by atoms with van der Waals surface area (Å²) in [6, 6.07) is 3.85. The van der Waals surface area contributed by atoms with E-state index in [0.29, 0.717) is 12.1 Å². The summed E-state index contributed by atoms with van der Waals surface area (Å²) in [6.45, 7) is 4.03. The van der Waals surface area contributed by atoms with Crippen LogP contribution in [0.4, 0.5) is 40.8 Å². The number of fused-ring (bicyclic) bond motifs is 1. The van der Waals surface area contributed by atoms with Gasteiger partial charge in [-0.3, -0.25) is 14.6 Å². The molecule has 0 saturated carbocycles. The summed E-state index contributed by atoms with van der Waals surface area (Å²) in [4.78, 5) is 44.3. The van der Waals surface area contributed by atoms with Crippen molar-refractivity contribution in [1.29, 1.82) is 0 Å². The van der Waals surface area contributed by atoms with Crippen LogP contribution in [0.3, 0.4) is 0 Å². The molecule has 0 unspecified atom stereocenters. The lowest BCUT2D eigenvalue weighted by molar-refractivity contribution is -0.149. The van der Waals surface area contributed by atoms with Crippen molar-refractivity contribution in [2.24, 2.45) is 7.05 Å². The zero-order valence-corrected chi connectivity index (χ0v) is 28.1. The minimum Gasteiger partial charge on any atom is -0.467 e. The van der Waals surface area contributed by atoms with E-state index in [2.05, 4.69) is 10.3 Å². The first-order valence-corrected chi connectivity index (χ1v) is 15.7. The Labute approximate surface area is 287 Å². The van der Waals surface area contributed by atoms with Gasteiger partial charge < -0.3 is 19.5 Å². The molecule has 4 rings (SSSR count). The molecular weight excluding hydrogens is 692 g/mol. The number of ether oxygens (including phenoxy) is 1. The van der Waals surface area contributed by atoms with E-state index < -0.39 is 88.7 Å². The van der Waals surface area contributed by atoms with Crippen LogP contribution in [0.25, 0.3) is 22.0 Å². The highest BCUT2D eigenvalue weighted by molar-refractivity contribution is 5.99. The zero-order chi connectivity index (χ0) is 38.0. The third kappa shape index (κ3) is 7.99. The largest absolute Gasteiger partial charge is 0.467 e. The van der Waals surface area contributed by atoms with Gasteiger partial charge in [0.05, 0.1) is 23.8 Å². The van der Waals surface area contributed by atoms with E-state index >= 15 is 8.78 Å². The fourth-order valence-electron chi connectivity index (χ4n) is 5.98. The number of hydrogen-bond donors (Lipinski definition) is 1. The molecule has 0 aliphatic carbocycles. The Morgan fingerprint density at radius 1 is 1.02 bits per heavy atom. The van der Waals surface area contributed by atoms with E-state index in [1.165, 1.54) is 51.4 Å². The van der Waals surface area contributed by atoms with E-state index in [0.717, 1.165) is 22.6 Å². The molecule has 0 aliphatic heterocycles. The summed E-state index contributed by atoms with van der Waals surface area (Å²) in [7, 11) is 2.30. The summed E-state index contributed by atoms with van der Waals surface area (Å²) in [5.74, 6) is -5.44. The standard InChI is InChI=1S/C35H34F8N4O4/c1-6-13-47(27(7-2)35(41,42)43)20-16-24(36)29(25(37)17-20)31(48)45-26(33(50)51-5)15-19-10-11-22(30-21(19)9-8-12-44-30)28-23(34(38,39)40)14-18(3)46(4)32(28)49/h8-12,14,16-17,26-27H,6-7,13,15H2,1-5H3,(H,45,48)/t26-,27+/m0/s1. The van der Waals surface area contributed by atoms with Crippen molar-refractivity contribution in [3.63, 3.8) is 0 Å². The Hall–Kier alpha value is -5.02. The van der Waals surface area contributed by atoms with E-state index in [1.54, 1.807) is 6.92 Å². The van der Waals surface area contributed by atoms with Crippen molar-refractivity contribution in [3.8, 4) is 11.1 Å². The van der Waals surface area contributed by atoms with Gasteiger partial charge in [0.25, 0.3) is 11.5 Å². The van der Waals surface area contributed by atoms with Crippen LogP contribution in [-0.4, -0.2) is 53.3 Å². The van der Waals surface area contributed by atoms with Gasteiger partial charge in [0.15, 0.2) is 0 Å². The lowest BCUT2D eigenvalue weighted by Crippen LogP contribution is -2.46. The molecule has 1 amide bonds. The quantitative estimate of drug-likeness (QED) is 0.129. The molecule has 0 aliphatic rings. The van der Waals surface area contributed by atoms with Crippen LogP contribution < -0.4 is 15.8 Å². The predicted octanol–water partition coefficient (Wildman–Crippen LogP) is 7.28. The molecule has 0 radical (unpaired) electrons. The number of aromatic nitrogens is 2. The third-order valence-corrected chi connectivity index (χ3v) is 8.51. The van der Waals surface area contributed by atoms with Crippen LogP contribution in [-0.2, 0) is 29.2 Å². The Bertz CT molecular complexity index is 1990. The summed E-state index contributed by atoms with van der Waals surface area (Å²) in [5.41, 5.74) is -4.27.